The number of hydrogen-bond acceptors (Lipinski definition) is 5. The van der Waals surface area contributed by atoms with Gasteiger partial charge in [0.05, 0.1) is 31.6 Å². The first-order valence-electron chi connectivity index (χ1n) is 7.13. The lowest BCUT2D eigenvalue weighted by Gasteiger charge is -2.42. The maximum absolute atomic E-state index is 12.3. The van der Waals surface area contributed by atoms with Gasteiger partial charge in [0.25, 0.3) is 0 Å². The van der Waals surface area contributed by atoms with Crippen LogP contribution >= 0.6 is 0 Å². The normalized spacial score (nSPS) is 11.5. The lowest BCUT2D eigenvalue weighted by atomic mass is 10.3. The molecule has 9 heteroatoms. The van der Waals surface area contributed by atoms with Gasteiger partial charge in [-0.25, -0.2) is 22.9 Å². The van der Waals surface area contributed by atoms with Crippen molar-refractivity contribution in [2.24, 2.45) is 5.14 Å². The number of nitrogens with zero attached hydrogens (tertiary/aromatic N) is 2. The number of sulfonamides is 1. The van der Waals surface area contributed by atoms with Crippen LogP contribution in [0.1, 0.15) is 20.8 Å². The number of primary sulfonamides is 1. The Labute approximate surface area is 137 Å². The molecule has 0 bridgehead atoms. The van der Waals surface area contributed by atoms with Crippen LogP contribution in [0.15, 0.2) is 29.2 Å². The van der Waals surface area contributed by atoms with Crippen LogP contribution in [0.3, 0.4) is 0 Å². The number of benzene rings is 1. The summed E-state index contributed by atoms with van der Waals surface area (Å²) in [7, 11) is -2.44. The van der Waals surface area contributed by atoms with Crippen molar-refractivity contribution >= 4 is 21.8 Å². The summed E-state index contributed by atoms with van der Waals surface area (Å²) in [6, 6.07) is 5.89. The third-order valence-corrected chi connectivity index (χ3v) is 4.88. The van der Waals surface area contributed by atoms with Crippen LogP contribution in [0.4, 0.5) is 10.5 Å². The SMILES string of the molecule is CC[N+](CC)(CC)N(C(=O)OC)c1ccc(S(N)(=O)=O)cc1.[OH-]. The third kappa shape index (κ3) is 4.41. The number of hydrogen-bond donors (Lipinski definition) is 1. The minimum absolute atomic E-state index is 0. The fourth-order valence-electron chi connectivity index (χ4n) is 2.48. The summed E-state index contributed by atoms with van der Waals surface area (Å²) in [5.41, 5.74) is 0.560. The summed E-state index contributed by atoms with van der Waals surface area (Å²) >= 11 is 0. The Bertz CT molecular complexity index is 604. The topological polar surface area (TPSA) is 120 Å². The minimum Gasteiger partial charge on any atom is -0.870 e. The van der Waals surface area contributed by atoms with Gasteiger partial charge in [-0.15, -0.1) is 5.01 Å². The fourth-order valence-corrected chi connectivity index (χ4v) is 3.00. The van der Waals surface area contributed by atoms with E-state index in [1.165, 1.54) is 24.3 Å². The molecule has 0 radical (unpaired) electrons. The second-order valence-corrected chi connectivity index (χ2v) is 6.43. The molecule has 8 nitrogen and oxygen atoms in total. The van der Waals surface area contributed by atoms with Crippen molar-refractivity contribution in [3.63, 3.8) is 0 Å². The average Bonchev–Trinajstić information content (AvgIpc) is 2.51. The highest BCUT2D eigenvalue weighted by atomic mass is 32.2. The lowest BCUT2D eigenvalue weighted by molar-refractivity contribution is -0.925. The number of methoxy groups -OCH3 is 1. The zero-order chi connectivity index (χ0) is 17.0. The van der Waals surface area contributed by atoms with Crippen LogP contribution in [0.2, 0.25) is 0 Å². The number of carbonyl (C=O) groups excluding carboxylic acids is 1. The van der Waals surface area contributed by atoms with Gasteiger partial charge in [0, 0.05) is 0 Å². The average molecular weight is 347 g/mol. The van der Waals surface area contributed by atoms with E-state index in [1.807, 2.05) is 20.8 Å². The quantitative estimate of drug-likeness (QED) is 0.618. The van der Waals surface area contributed by atoms with Gasteiger partial charge in [0.1, 0.15) is 5.69 Å². The van der Waals surface area contributed by atoms with E-state index in [0.717, 1.165) is 0 Å². The van der Waals surface area contributed by atoms with Gasteiger partial charge < -0.3 is 10.2 Å². The van der Waals surface area contributed by atoms with Crippen LogP contribution in [0.5, 0.6) is 0 Å². The summed E-state index contributed by atoms with van der Waals surface area (Å²) in [5.74, 6) is 0. The Morgan fingerprint density at radius 3 is 1.87 bits per heavy atom. The summed E-state index contributed by atoms with van der Waals surface area (Å²) in [6.45, 7) is 8.04. The van der Waals surface area contributed by atoms with Crippen LogP contribution in [-0.4, -0.2) is 51.3 Å². The zero-order valence-corrected chi connectivity index (χ0v) is 14.7. The summed E-state index contributed by atoms with van der Waals surface area (Å²) in [5, 5.41) is 6.63. The van der Waals surface area contributed by atoms with Crippen molar-refractivity contribution in [2.45, 2.75) is 25.7 Å². The predicted octanol–water partition coefficient (Wildman–Crippen LogP) is 1.52. The van der Waals surface area contributed by atoms with Gasteiger partial charge in [-0.2, -0.15) is 0 Å². The largest absolute Gasteiger partial charge is 0.870 e. The van der Waals surface area contributed by atoms with Crippen LogP contribution in [0, 0.1) is 0 Å². The van der Waals surface area contributed by atoms with Crippen molar-refractivity contribution in [3.8, 4) is 0 Å². The van der Waals surface area contributed by atoms with Gasteiger partial charge in [-0.1, -0.05) is 0 Å². The maximum Gasteiger partial charge on any atom is 0.459 e. The smallest absolute Gasteiger partial charge is 0.459 e. The molecule has 0 atom stereocenters. The molecule has 3 N–H and O–H groups in total. The molecule has 0 saturated carbocycles. The molecule has 0 spiro atoms. The molecule has 0 aromatic heterocycles. The minimum atomic E-state index is -3.76. The van der Waals surface area contributed by atoms with Crippen LogP contribution in [-0.2, 0) is 14.8 Å². The number of rotatable bonds is 6. The summed E-state index contributed by atoms with van der Waals surface area (Å²) in [6.07, 6.45) is -0.492. The number of quaternary nitrogens is 1. The monoisotopic (exact) mass is 347 g/mol. The van der Waals surface area contributed by atoms with Gasteiger partial charge in [-0.05, 0) is 45.0 Å². The molecule has 1 aromatic carbocycles. The Balaban J connectivity index is 0.00000484. The highest BCUT2D eigenvalue weighted by Gasteiger charge is 2.37. The Kier molecular flexibility index (Phi) is 7.65. The number of nitrogens with two attached hydrogens (primary N) is 1. The number of ether oxygens (including phenoxy) is 1. The van der Waals surface area contributed by atoms with Gasteiger partial charge in [0.2, 0.25) is 10.0 Å². The molecular weight excluding hydrogens is 322 g/mol. The fraction of sp³-hybridized carbons (Fsp3) is 0.500. The van der Waals surface area contributed by atoms with Crippen molar-refractivity contribution in [1.82, 2.24) is 0 Å². The second kappa shape index (κ2) is 8.25. The molecule has 0 heterocycles. The first-order chi connectivity index (χ1) is 10.3. The lowest BCUT2D eigenvalue weighted by Crippen LogP contribution is -2.62. The molecule has 0 fully saturated rings. The number of anilines is 1. The third-order valence-electron chi connectivity index (χ3n) is 3.95. The van der Waals surface area contributed by atoms with Crippen molar-refractivity contribution in [3.05, 3.63) is 24.3 Å². The van der Waals surface area contributed by atoms with Crippen molar-refractivity contribution in [2.75, 3.05) is 31.8 Å². The Morgan fingerprint density at radius 2 is 1.57 bits per heavy atom. The molecule has 23 heavy (non-hydrogen) atoms. The van der Waals surface area contributed by atoms with Gasteiger partial charge in [-0.3, -0.25) is 0 Å². The molecule has 0 aliphatic carbocycles. The predicted molar refractivity (Wildman–Crippen MR) is 86.5 cm³/mol. The van der Waals surface area contributed by atoms with Gasteiger partial charge >= 0.3 is 6.09 Å². The van der Waals surface area contributed by atoms with Crippen molar-refractivity contribution < 1.29 is 28.0 Å². The van der Waals surface area contributed by atoms with Gasteiger partial charge in [0.15, 0.2) is 0 Å². The van der Waals surface area contributed by atoms with Crippen LogP contribution < -0.4 is 10.1 Å². The molecule has 1 amide bonds. The highest BCUT2D eigenvalue weighted by molar-refractivity contribution is 7.89. The summed E-state index contributed by atoms with van der Waals surface area (Å²) in [4.78, 5) is 12.3. The zero-order valence-electron chi connectivity index (χ0n) is 13.9. The van der Waals surface area contributed by atoms with E-state index in [9.17, 15) is 13.2 Å². The van der Waals surface area contributed by atoms with E-state index in [4.69, 9.17) is 9.88 Å². The van der Waals surface area contributed by atoms with E-state index in [1.54, 1.807) is 12.1 Å². The first kappa shape index (κ1) is 21.3. The molecule has 132 valence electrons. The van der Waals surface area contributed by atoms with E-state index in [0.29, 0.717) is 29.9 Å². The molecule has 0 aliphatic heterocycles. The van der Waals surface area contributed by atoms with Crippen LogP contribution in [0.25, 0.3) is 0 Å². The molecular formula is C14H25N3O5S. The Morgan fingerprint density at radius 1 is 1.13 bits per heavy atom. The van der Waals surface area contributed by atoms with E-state index >= 15 is 0 Å². The van der Waals surface area contributed by atoms with E-state index in [-0.39, 0.29) is 10.4 Å². The van der Waals surface area contributed by atoms with E-state index < -0.39 is 16.1 Å². The first-order valence-corrected chi connectivity index (χ1v) is 8.67. The molecule has 1 rings (SSSR count). The van der Waals surface area contributed by atoms with Crippen molar-refractivity contribution in [1.29, 1.82) is 0 Å². The maximum atomic E-state index is 12.3. The molecule has 1 aromatic rings. The highest BCUT2D eigenvalue weighted by Crippen LogP contribution is 2.25. The summed E-state index contributed by atoms with van der Waals surface area (Å²) < 4.78 is 28.0. The Hall–Kier alpha value is -1.68. The standard InChI is InChI=1S/C14H24N3O4S.H2O/c1-5-17(6-2,7-3)16(14(18)21-4)12-8-10-13(11-9-12)22(15,19)20;/h8-11H,5-7H2,1-4H3,(H2,15,19,20);1H2/q+1;/p-1. The molecule has 0 aliphatic rings. The molecule has 0 unspecified atom stereocenters. The number of carbonyl (C=O) groups is 1. The number of amides is 1. The van der Waals surface area contributed by atoms with E-state index in [2.05, 4.69) is 0 Å². The second-order valence-electron chi connectivity index (χ2n) is 4.86. The molecule has 0 saturated heterocycles.